The van der Waals surface area contributed by atoms with Gasteiger partial charge < -0.3 is 9.84 Å². The lowest BCUT2D eigenvalue weighted by Crippen LogP contribution is -1.98. The first kappa shape index (κ1) is 13.1. The Bertz CT molecular complexity index is 511. The fourth-order valence-electron chi connectivity index (χ4n) is 1.41. The average Bonchev–Trinajstić information content (AvgIpc) is 2.73. The Balaban J connectivity index is 2.13. The first-order valence-corrected chi connectivity index (χ1v) is 7.41. The van der Waals surface area contributed by atoms with Gasteiger partial charge in [-0.05, 0) is 44.0 Å². The summed E-state index contributed by atoms with van der Waals surface area (Å²) < 4.78 is 7.67. The standard InChI is InChI=1S/C12H10Br2O2S/c13-9-4-10(17-7-9)6-16-12-8(5-15)2-1-3-11(12)14/h1-4,7,15H,5-6H2. The molecule has 1 heterocycles. The highest BCUT2D eigenvalue weighted by Gasteiger charge is 2.08. The number of aliphatic hydroxyl groups is 1. The molecule has 2 nitrogen and oxygen atoms in total. The van der Waals surface area contributed by atoms with E-state index in [0.717, 1.165) is 19.4 Å². The van der Waals surface area contributed by atoms with Crippen LogP contribution in [0.25, 0.3) is 0 Å². The van der Waals surface area contributed by atoms with Gasteiger partial charge in [0, 0.05) is 20.3 Å². The van der Waals surface area contributed by atoms with Gasteiger partial charge in [-0.2, -0.15) is 0 Å². The van der Waals surface area contributed by atoms with Crippen LogP contribution >= 0.6 is 43.2 Å². The van der Waals surface area contributed by atoms with Crippen LogP contribution in [0.4, 0.5) is 0 Å². The second kappa shape index (κ2) is 6.00. The van der Waals surface area contributed by atoms with Crippen LogP contribution in [-0.4, -0.2) is 5.11 Å². The molecule has 2 aromatic rings. The van der Waals surface area contributed by atoms with Crippen molar-refractivity contribution < 1.29 is 9.84 Å². The molecule has 0 atom stereocenters. The van der Waals surface area contributed by atoms with Crippen LogP contribution in [0.3, 0.4) is 0 Å². The summed E-state index contributed by atoms with van der Waals surface area (Å²) in [6, 6.07) is 7.66. The van der Waals surface area contributed by atoms with Gasteiger partial charge >= 0.3 is 0 Å². The molecule has 0 saturated heterocycles. The minimum Gasteiger partial charge on any atom is -0.487 e. The maximum Gasteiger partial charge on any atom is 0.139 e. The number of hydrogen-bond acceptors (Lipinski definition) is 3. The Morgan fingerprint density at radius 3 is 2.76 bits per heavy atom. The number of ether oxygens (including phenoxy) is 1. The SMILES string of the molecule is OCc1cccc(Br)c1OCc1cc(Br)cs1. The fourth-order valence-corrected chi connectivity index (χ4v) is 3.30. The van der Waals surface area contributed by atoms with Crippen molar-refractivity contribution in [2.45, 2.75) is 13.2 Å². The zero-order valence-corrected chi connectivity index (χ0v) is 12.8. The molecule has 0 radical (unpaired) electrons. The van der Waals surface area contributed by atoms with Crippen LogP contribution < -0.4 is 4.74 Å². The number of hydrogen-bond donors (Lipinski definition) is 1. The predicted molar refractivity (Wildman–Crippen MR) is 76.4 cm³/mol. The Labute approximate surface area is 121 Å². The zero-order valence-electron chi connectivity index (χ0n) is 8.82. The highest BCUT2D eigenvalue weighted by Crippen LogP contribution is 2.30. The van der Waals surface area contributed by atoms with E-state index in [1.807, 2.05) is 29.6 Å². The Kier molecular flexibility index (Phi) is 4.62. The Morgan fingerprint density at radius 1 is 1.29 bits per heavy atom. The monoisotopic (exact) mass is 376 g/mol. The number of thiophene rings is 1. The molecule has 90 valence electrons. The molecule has 2 rings (SSSR count). The molecule has 5 heteroatoms. The molecule has 1 aromatic heterocycles. The van der Waals surface area contributed by atoms with Crippen molar-refractivity contribution in [2.24, 2.45) is 0 Å². The van der Waals surface area contributed by atoms with Crippen molar-refractivity contribution in [1.29, 1.82) is 0 Å². The average molecular weight is 378 g/mol. The van der Waals surface area contributed by atoms with Gasteiger partial charge in [0.15, 0.2) is 0 Å². The fraction of sp³-hybridized carbons (Fsp3) is 0.167. The number of rotatable bonds is 4. The van der Waals surface area contributed by atoms with Crippen molar-refractivity contribution in [3.05, 3.63) is 49.0 Å². The van der Waals surface area contributed by atoms with Crippen molar-refractivity contribution in [3.63, 3.8) is 0 Å². The first-order chi connectivity index (χ1) is 8.20. The molecule has 0 spiro atoms. The molecule has 0 fully saturated rings. The van der Waals surface area contributed by atoms with Crippen molar-refractivity contribution >= 4 is 43.2 Å². The molecule has 0 aliphatic rings. The van der Waals surface area contributed by atoms with Gasteiger partial charge in [-0.3, -0.25) is 0 Å². The van der Waals surface area contributed by atoms with E-state index >= 15 is 0 Å². The van der Waals surface area contributed by atoms with E-state index in [4.69, 9.17) is 4.74 Å². The quantitative estimate of drug-likeness (QED) is 0.858. The van der Waals surface area contributed by atoms with Gasteiger partial charge in [0.25, 0.3) is 0 Å². The highest BCUT2D eigenvalue weighted by molar-refractivity contribution is 9.10. The van der Waals surface area contributed by atoms with E-state index in [2.05, 4.69) is 31.9 Å². The highest BCUT2D eigenvalue weighted by atomic mass is 79.9. The second-order valence-corrected chi connectivity index (χ2v) is 6.17. The summed E-state index contributed by atoms with van der Waals surface area (Å²) in [5.41, 5.74) is 0.787. The lowest BCUT2D eigenvalue weighted by molar-refractivity contribution is 0.259. The van der Waals surface area contributed by atoms with Crippen LogP contribution in [-0.2, 0) is 13.2 Å². The number of para-hydroxylation sites is 1. The third-order valence-corrected chi connectivity index (χ3v) is 4.49. The van der Waals surface area contributed by atoms with Gasteiger partial charge in [0.05, 0.1) is 11.1 Å². The van der Waals surface area contributed by atoms with Gasteiger partial charge in [0.1, 0.15) is 12.4 Å². The molecule has 17 heavy (non-hydrogen) atoms. The molecular weight excluding hydrogens is 368 g/mol. The summed E-state index contributed by atoms with van der Waals surface area (Å²) in [5.74, 6) is 0.708. The third-order valence-electron chi connectivity index (χ3n) is 2.20. The number of halogens is 2. The molecule has 0 aliphatic carbocycles. The largest absolute Gasteiger partial charge is 0.487 e. The first-order valence-electron chi connectivity index (χ1n) is 4.94. The van der Waals surface area contributed by atoms with Crippen LogP contribution in [0.15, 0.2) is 38.6 Å². The summed E-state index contributed by atoms with van der Waals surface area (Å²) in [7, 11) is 0. The van der Waals surface area contributed by atoms with Gasteiger partial charge in [-0.15, -0.1) is 11.3 Å². The van der Waals surface area contributed by atoms with Crippen LogP contribution in [0.2, 0.25) is 0 Å². The van der Waals surface area contributed by atoms with E-state index in [1.165, 1.54) is 0 Å². The van der Waals surface area contributed by atoms with E-state index in [-0.39, 0.29) is 6.61 Å². The summed E-state index contributed by atoms with van der Waals surface area (Å²) >= 11 is 8.47. The zero-order chi connectivity index (χ0) is 12.3. The van der Waals surface area contributed by atoms with Crippen molar-refractivity contribution in [1.82, 2.24) is 0 Å². The molecule has 1 N–H and O–H groups in total. The summed E-state index contributed by atoms with van der Waals surface area (Å²) in [5, 5.41) is 11.3. The minimum absolute atomic E-state index is 0.0249. The maximum atomic E-state index is 9.24. The number of benzene rings is 1. The lowest BCUT2D eigenvalue weighted by Gasteiger charge is -2.11. The Hall–Kier alpha value is -0.360. The smallest absolute Gasteiger partial charge is 0.139 e. The molecule has 0 aliphatic heterocycles. The van der Waals surface area contributed by atoms with Crippen LogP contribution in [0.1, 0.15) is 10.4 Å². The summed E-state index contributed by atoms with van der Waals surface area (Å²) in [4.78, 5) is 1.14. The third kappa shape index (κ3) is 3.31. The molecular formula is C12H10Br2O2S. The van der Waals surface area contributed by atoms with Gasteiger partial charge in [-0.25, -0.2) is 0 Å². The molecule has 0 unspecified atom stereocenters. The van der Waals surface area contributed by atoms with E-state index < -0.39 is 0 Å². The normalized spacial score (nSPS) is 10.5. The van der Waals surface area contributed by atoms with Crippen molar-refractivity contribution in [2.75, 3.05) is 0 Å². The van der Waals surface area contributed by atoms with Gasteiger partial charge in [0.2, 0.25) is 0 Å². The second-order valence-electron chi connectivity index (χ2n) is 3.41. The molecule has 0 bridgehead atoms. The summed E-state index contributed by atoms with van der Waals surface area (Å²) in [6.45, 7) is 0.481. The van der Waals surface area contributed by atoms with E-state index in [9.17, 15) is 5.11 Å². The van der Waals surface area contributed by atoms with E-state index in [0.29, 0.717) is 12.4 Å². The number of aliphatic hydroxyl groups excluding tert-OH is 1. The summed E-state index contributed by atoms with van der Waals surface area (Å²) in [6.07, 6.45) is 0. The Morgan fingerprint density at radius 2 is 2.12 bits per heavy atom. The van der Waals surface area contributed by atoms with Gasteiger partial charge in [-0.1, -0.05) is 12.1 Å². The van der Waals surface area contributed by atoms with Crippen LogP contribution in [0, 0.1) is 0 Å². The topological polar surface area (TPSA) is 29.5 Å². The molecule has 0 amide bonds. The molecule has 0 saturated carbocycles. The van der Waals surface area contributed by atoms with E-state index in [1.54, 1.807) is 11.3 Å². The minimum atomic E-state index is -0.0249. The van der Waals surface area contributed by atoms with Crippen molar-refractivity contribution in [3.8, 4) is 5.75 Å². The maximum absolute atomic E-state index is 9.24. The predicted octanol–water partition coefficient (Wildman–Crippen LogP) is 4.34. The van der Waals surface area contributed by atoms with Crippen LogP contribution in [0.5, 0.6) is 5.75 Å². The lowest BCUT2D eigenvalue weighted by atomic mass is 10.2. The molecule has 1 aromatic carbocycles.